The van der Waals surface area contributed by atoms with Gasteiger partial charge in [0.25, 0.3) is 0 Å². The van der Waals surface area contributed by atoms with E-state index in [0.29, 0.717) is 25.1 Å². The van der Waals surface area contributed by atoms with E-state index < -0.39 is 17.6 Å². The third kappa shape index (κ3) is 4.72. The minimum absolute atomic E-state index is 0.110. The number of rotatable bonds is 6. The van der Waals surface area contributed by atoms with E-state index in [9.17, 15) is 13.6 Å². The predicted octanol–water partition coefficient (Wildman–Crippen LogP) is 2.63. The van der Waals surface area contributed by atoms with Crippen LogP contribution in [0.15, 0.2) is 18.2 Å². The van der Waals surface area contributed by atoms with Crippen molar-refractivity contribution in [1.82, 2.24) is 0 Å². The highest BCUT2D eigenvalue weighted by Crippen LogP contribution is 2.12. The summed E-state index contributed by atoms with van der Waals surface area (Å²) in [5, 5.41) is 11.2. The molecule has 88 valence electrons. The van der Waals surface area contributed by atoms with Crippen LogP contribution in [0.4, 0.5) is 14.5 Å². The summed E-state index contributed by atoms with van der Waals surface area (Å²) in [6, 6.07) is 3.19. The highest BCUT2D eigenvalue weighted by molar-refractivity contribution is 5.66. The topological polar surface area (TPSA) is 49.3 Å². The number of anilines is 1. The zero-order chi connectivity index (χ0) is 12.0. The minimum atomic E-state index is -0.836. The second-order valence-electron chi connectivity index (χ2n) is 3.44. The maximum atomic E-state index is 12.8. The molecule has 0 saturated carbocycles. The predicted molar refractivity (Wildman–Crippen MR) is 56.3 cm³/mol. The molecule has 1 rings (SSSR count). The van der Waals surface area contributed by atoms with Crippen LogP contribution in [0.25, 0.3) is 0 Å². The molecular formula is C11H13F2NO2. The van der Waals surface area contributed by atoms with Gasteiger partial charge < -0.3 is 10.4 Å². The number of nitrogens with one attached hydrogen (secondary N) is 1. The molecule has 0 atom stereocenters. The Morgan fingerprint density at radius 2 is 1.81 bits per heavy atom. The lowest BCUT2D eigenvalue weighted by Crippen LogP contribution is -2.03. The fourth-order valence-corrected chi connectivity index (χ4v) is 1.29. The van der Waals surface area contributed by atoms with Crippen LogP contribution in [-0.4, -0.2) is 17.6 Å². The van der Waals surface area contributed by atoms with Gasteiger partial charge in [0.2, 0.25) is 0 Å². The first-order chi connectivity index (χ1) is 7.58. The molecule has 1 aromatic rings. The number of unbranched alkanes of at least 4 members (excludes halogenated alkanes) is 1. The maximum absolute atomic E-state index is 12.8. The SMILES string of the molecule is O=C(O)CCCCNc1cc(F)cc(F)c1. The molecule has 0 aromatic heterocycles. The first kappa shape index (κ1) is 12.4. The summed E-state index contributed by atoms with van der Waals surface area (Å²) in [6.07, 6.45) is 1.30. The zero-order valence-corrected chi connectivity index (χ0v) is 8.67. The summed E-state index contributed by atoms with van der Waals surface area (Å²) in [7, 11) is 0. The van der Waals surface area contributed by atoms with Gasteiger partial charge in [-0.2, -0.15) is 0 Å². The molecule has 2 N–H and O–H groups in total. The molecule has 5 heteroatoms. The lowest BCUT2D eigenvalue weighted by molar-refractivity contribution is -0.137. The van der Waals surface area contributed by atoms with Crippen LogP contribution in [0, 0.1) is 11.6 Å². The third-order valence-electron chi connectivity index (χ3n) is 2.01. The number of carboxylic acid groups (broad SMARTS) is 1. The number of aliphatic carboxylic acids is 1. The van der Waals surface area contributed by atoms with Crippen molar-refractivity contribution in [2.24, 2.45) is 0 Å². The Labute approximate surface area is 92.1 Å². The second kappa shape index (κ2) is 6.05. The maximum Gasteiger partial charge on any atom is 0.303 e. The van der Waals surface area contributed by atoms with Gasteiger partial charge in [-0.05, 0) is 25.0 Å². The molecule has 0 aliphatic heterocycles. The lowest BCUT2D eigenvalue weighted by atomic mass is 10.2. The molecule has 0 aliphatic carbocycles. The average molecular weight is 229 g/mol. The quantitative estimate of drug-likeness (QED) is 0.737. The Morgan fingerprint density at radius 1 is 1.19 bits per heavy atom. The Hall–Kier alpha value is -1.65. The van der Waals surface area contributed by atoms with Crippen molar-refractivity contribution in [3.63, 3.8) is 0 Å². The molecule has 1 aromatic carbocycles. The number of carbonyl (C=O) groups is 1. The van der Waals surface area contributed by atoms with Crippen molar-refractivity contribution in [3.05, 3.63) is 29.8 Å². The second-order valence-corrected chi connectivity index (χ2v) is 3.44. The highest BCUT2D eigenvalue weighted by atomic mass is 19.1. The number of hydrogen-bond acceptors (Lipinski definition) is 2. The largest absolute Gasteiger partial charge is 0.481 e. The Morgan fingerprint density at radius 3 is 2.38 bits per heavy atom. The van der Waals surface area contributed by atoms with Crippen LogP contribution in [0.3, 0.4) is 0 Å². The highest BCUT2D eigenvalue weighted by Gasteiger charge is 2.00. The third-order valence-corrected chi connectivity index (χ3v) is 2.01. The molecule has 0 saturated heterocycles. The lowest BCUT2D eigenvalue weighted by Gasteiger charge is -2.05. The van der Waals surface area contributed by atoms with Crippen molar-refractivity contribution in [2.45, 2.75) is 19.3 Å². The van der Waals surface area contributed by atoms with Gasteiger partial charge in [-0.25, -0.2) is 8.78 Å². The summed E-state index contributed by atoms with van der Waals surface area (Å²) in [4.78, 5) is 10.2. The number of benzene rings is 1. The summed E-state index contributed by atoms with van der Waals surface area (Å²) in [5.41, 5.74) is 0.368. The van der Waals surface area contributed by atoms with Gasteiger partial charge in [-0.15, -0.1) is 0 Å². The van der Waals surface area contributed by atoms with Crippen molar-refractivity contribution < 1.29 is 18.7 Å². The normalized spacial score (nSPS) is 10.1. The number of carboxylic acids is 1. The molecule has 0 spiro atoms. The fourth-order valence-electron chi connectivity index (χ4n) is 1.29. The standard InChI is InChI=1S/C11H13F2NO2/c12-8-5-9(13)7-10(6-8)14-4-2-1-3-11(15)16/h5-7,14H,1-4H2,(H,15,16). The van der Waals surface area contributed by atoms with E-state index in [-0.39, 0.29) is 6.42 Å². The molecule has 0 amide bonds. The Balaban J connectivity index is 2.29. The zero-order valence-electron chi connectivity index (χ0n) is 8.67. The van der Waals surface area contributed by atoms with E-state index >= 15 is 0 Å². The molecule has 0 heterocycles. The van der Waals surface area contributed by atoms with Crippen LogP contribution >= 0.6 is 0 Å². The van der Waals surface area contributed by atoms with Gasteiger partial charge in [0.15, 0.2) is 0 Å². The Bertz CT molecular complexity index is 349. The van der Waals surface area contributed by atoms with Crippen molar-refractivity contribution in [3.8, 4) is 0 Å². The molecule has 16 heavy (non-hydrogen) atoms. The first-order valence-electron chi connectivity index (χ1n) is 4.99. The van der Waals surface area contributed by atoms with Crippen molar-refractivity contribution in [2.75, 3.05) is 11.9 Å². The monoisotopic (exact) mass is 229 g/mol. The number of halogens is 2. The average Bonchev–Trinajstić information content (AvgIpc) is 2.15. The molecule has 0 aliphatic rings. The molecule has 0 unspecified atom stereocenters. The van der Waals surface area contributed by atoms with Crippen LogP contribution < -0.4 is 5.32 Å². The van der Waals surface area contributed by atoms with Crippen molar-refractivity contribution >= 4 is 11.7 Å². The summed E-state index contributed by atoms with van der Waals surface area (Å²) < 4.78 is 25.5. The van der Waals surface area contributed by atoms with Crippen molar-refractivity contribution in [1.29, 1.82) is 0 Å². The van der Waals surface area contributed by atoms with E-state index in [1.807, 2.05) is 0 Å². The summed E-state index contributed by atoms with van der Waals surface area (Å²) in [5.74, 6) is -2.10. The van der Waals surface area contributed by atoms with E-state index in [4.69, 9.17) is 5.11 Å². The van der Waals surface area contributed by atoms with Gasteiger partial charge in [-0.1, -0.05) is 0 Å². The molecule has 0 bridgehead atoms. The van der Waals surface area contributed by atoms with Gasteiger partial charge >= 0.3 is 5.97 Å². The number of hydrogen-bond donors (Lipinski definition) is 2. The summed E-state index contributed by atoms with van der Waals surface area (Å²) >= 11 is 0. The van der Waals surface area contributed by atoms with E-state index in [2.05, 4.69) is 5.32 Å². The summed E-state index contributed by atoms with van der Waals surface area (Å²) in [6.45, 7) is 0.496. The van der Waals surface area contributed by atoms with Gasteiger partial charge in [-0.3, -0.25) is 4.79 Å². The van der Waals surface area contributed by atoms with Gasteiger partial charge in [0.05, 0.1) is 0 Å². The Kier molecular flexibility index (Phi) is 4.69. The van der Waals surface area contributed by atoms with Crippen LogP contribution in [0.5, 0.6) is 0 Å². The van der Waals surface area contributed by atoms with Gasteiger partial charge in [0, 0.05) is 24.7 Å². The van der Waals surface area contributed by atoms with Gasteiger partial charge in [0.1, 0.15) is 11.6 Å². The van der Waals surface area contributed by atoms with Crippen LogP contribution in [0.1, 0.15) is 19.3 Å². The molecule has 0 fully saturated rings. The van der Waals surface area contributed by atoms with Crippen LogP contribution in [-0.2, 0) is 4.79 Å². The molecular weight excluding hydrogens is 216 g/mol. The van der Waals surface area contributed by atoms with E-state index in [1.165, 1.54) is 12.1 Å². The molecule has 3 nitrogen and oxygen atoms in total. The smallest absolute Gasteiger partial charge is 0.303 e. The van der Waals surface area contributed by atoms with Crippen LogP contribution in [0.2, 0.25) is 0 Å². The van der Waals surface area contributed by atoms with E-state index in [1.54, 1.807) is 0 Å². The first-order valence-corrected chi connectivity index (χ1v) is 4.99. The molecule has 0 radical (unpaired) electrons. The fraction of sp³-hybridized carbons (Fsp3) is 0.364. The minimum Gasteiger partial charge on any atom is -0.481 e. The van der Waals surface area contributed by atoms with E-state index in [0.717, 1.165) is 6.07 Å².